The Labute approximate surface area is 199 Å². The Morgan fingerprint density at radius 3 is 3.03 bits per heavy atom. The molecule has 3 heterocycles. The number of rotatable bonds is 6. The highest BCUT2D eigenvalue weighted by molar-refractivity contribution is 5.95. The van der Waals surface area contributed by atoms with Gasteiger partial charge in [-0.25, -0.2) is 0 Å². The summed E-state index contributed by atoms with van der Waals surface area (Å²) in [6.07, 6.45) is 4.50. The minimum Gasteiger partial charge on any atom is -0.379 e. The van der Waals surface area contributed by atoms with Gasteiger partial charge in [0.2, 0.25) is 0 Å². The number of aryl methyl sites for hydroxylation is 1. The second kappa shape index (κ2) is 10.1. The molecule has 7 heteroatoms. The molecule has 1 unspecified atom stereocenters. The lowest BCUT2D eigenvalue weighted by Crippen LogP contribution is -2.36. The number of nitrogens with zero attached hydrogens (tertiary/aromatic N) is 3. The van der Waals surface area contributed by atoms with Gasteiger partial charge in [0.25, 0.3) is 5.91 Å². The van der Waals surface area contributed by atoms with E-state index in [1.54, 1.807) is 6.20 Å². The average Bonchev–Trinajstić information content (AvgIpc) is 3.24. The van der Waals surface area contributed by atoms with E-state index in [9.17, 15) is 4.79 Å². The van der Waals surface area contributed by atoms with Crippen LogP contribution in [0.15, 0.2) is 67.0 Å². The normalized spacial score (nSPS) is 16.4. The lowest BCUT2D eigenvalue weighted by atomic mass is 9.97. The van der Waals surface area contributed by atoms with Crippen LogP contribution in [0.1, 0.15) is 27.2 Å². The molecular weight excluding hydrogens is 426 g/mol. The number of aromatic amines is 1. The SMILES string of the molecule is Cc1ccc(C(=O)N2CCOCC(Cc3cccc4[nH]ncc34)C2)cc1NCc1ccccn1. The van der Waals surface area contributed by atoms with Crippen molar-refractivity contribution in [2.45, 2.75) is 19.9 Å². The van der Waals surface area contributed by atoms with Crippen LogP contribution in [-0.4, -0.2) is 52.3 Å². The molecule has 0 bridgehead atoms. The van der Waals surface area contributed by atoms with Crippen LogP contribution in [0.2, 0.25) is 0 Å². The molecule has 0 radical (unpaired) electrons. The van der Waals surface area contributed by atoms with Crippen LogP contribution < -0.4 is 5.32 Å². The lowest BCUT2D eigenvalue weighted by molar-refractivity contribution is 0.0737. The molecular formula is C27H29N5O2. The summed E-state index contributed by atoms with van der Waals surface area (Å²) in [6, 6.07) is 17.9. The van der Waals surface area contributed by atoms with Crippen LogP contribution >= 0.6 is 0 Å². The van der Waals surface area contributed by atoms with Gasteiger partial charge < -0.3 is 15.0 Å². The molecule has 1 aliphatic heterocycles. The molecule has 1 amide bonds. The summed E-state index contributed by atoms with van der Waals surface area (Å²) >= 11 is 0. The standard InChI is InChI=1S/C27H29N5O2/c1-19-8-9-22(14-26(19)29-15-23-6-2-3-10-28-23)27(33)32-11-12-34-18-20(17-32)13-21-5-4-7-25-24(21)16-30-31-25/h2-10,14,16,20,29H,11-13,15,17-18H2,1H3,(H,30,31). The third kappa shape index (κ3) is 4.94. The van der Waals surface area contributed by atoms with Gasteiger partial charge in [0, 0.05) is 41.8 Å². The molecule has 1 atom stereocenters. The van der Waals surface area contributed by atoms with Crippen molar-refractivity contribution < 1.29 is 9.53 Å². The van der Waals surface area contributed by atoms with E-state index < -0.39 is 0 Å². The van der Waals surface area contributed by atoms with Gasteiger partial charge in [0.05, 0.1) is 37.2 Å². The molecule has 7 nitrogen and oxygen atoms in total. The zero-order valence-electron chi connectivity index (χ0n) is 19.3. The van der Waals surface area contributed by atoms with Crippen LogP contribution in [0.4, 0.5) is 5.69 Å². The molecule has 1 saturated heterocycles. The van der Waals surface area contributed by atoms with E-state index in [1.807, 2.05) is 66.6 Å². The number of aromatic nitrogens is 3. The second-order valence-electron chi connectivity index (χ2n) is 8.85. The smallest absolute Gasteiger partial charge is 0.254 e. The molecule has 0 aliphatic carbocycles. The fraction of sp³-hybridized carbons (Fsp3) is 0.296. The predicted octanol–water partition coefficient (Wildman–Crippen LogP) is 4.21. The number of benzene rings is 2. The maximum Gasteiger partial charge on any atom is 0.254 e. The Kier molecular flexibility index (Phi) is 6.53. The highest BCUT2D eigenvalue weighted by Crippen LogP contribution is 2.23. The molecule has 174 valence electrons. The zero-order valence-corrected chi connectivity index (χ0v) is 19.3. The number of carbonyl (C=O) groups excluding carboxylic acids is 1. The quantitative estimate of drug-likeness (QED) is 0.455. The summed E-state index contributed by atoms with van der Waals surface area (Å²) in [5.41, 5.74) is 5.95. The first-order valence-electron chi connectivity index (χ1n) is 11.7. The van der Waals surface area contributed by atoms with Crippen LogP contribution in [0.3, 0.4) is 0 Å². The van der Waals surface area contributed by atoms with Crippen molar-refractivity contribution in [3.05, 3.63) is 89.4 Å². The van der Waals surface area contributed by atoms with Gasteiger partial charge in [-0.3, -0.25) is 14.9 Å². The number of hydrogen-bond acceptors (Lipinski definition) is 5. The first-order chi connectivity index (χ1) is 16.7. The Morgan fingerprint density at radius 1 is 1.21 bits per heavy atom. The molecule has 2 aromatic carbocycles. The molecule has 1 fully saturated rings. The van der Waals surface area contributed by atoms with Gasteiger partial charge in [-0.15, -0.1) is 0 Å². The summed E-state index contributed by atoms with van der Waals surface area (Å²) < 4.78 is 5.88. The Balaban J connectivity index is 1.29. The maximum absolute atomic E-state index is 13.5. The number of pyridine rings is 1. The van der Waals surface area contributed by atoms with Gasteiger partial charge >= 0.3 is 0 Å². The summed E-state index contributed by atoms with van der Waals surface area (Å²) in [6.45, 7) is 5.10. The van der Waals surface area contributed by atoms with Gasteiger partial charge in [-0.05, 0) is 54.8 Å². The van der Waals surface area contributed by atoms with E-state index in [0.29, 0.717) is 38.4 Å². The van der Waals surface area contributed by atoms with Crippen molar-refractivity contribution in [1.82, 2.24) is 20.1 Å². The first kappa shape index (κ1) is 22.1. The molecule has 2 aromatic heterocycles. The lowest BCUT2D eigenvalue weighted by Gasteiger charge is -2.24. The van der Waals surface area contributed by atoms with E-state index in [4.69, 9.17) is 4.74 Å². The third-order valence-electron chi connectivity index (χ3n) is 6.38. The summed E-state index contributed by atoms with van der Waals surface area (Å²) in [4.78, 5) is 19.8. The number of amides is 1. The predicted molar refractivity (Wildman–Crippen MR) is 133 cm³/mol. The molecule has 1 aliphatic rings. The van der Waals surface area contributed by atoms with E-state index in [2.05, 4.69) is 26.6 Å². The van der Waals surface area contributed by atoms with Crippen molar-refractivity contribution in [3.8, 4) is 0 Å². The number of anilines is 1. The molecule has 2 N–H and O–H groups in total. The van der Waals surface area contributed by atoms with Crippen molar-refractivity contribution in [2.24, 2.45) is 5.92 Å². The summed E-state index contributed by atoms with van der Waals surface area (Å²) in [5, 5.41) is 11.8. The van der Waals surface area contributed by atoms with Crippen molar-refractivity contribution in [1.29, 1.82) is 0 Å². The monoisotopic (exact) mass is 455 g/mol. The highest BCUT2D eigenvalue weighted by atomic mass is 16.5. The average molecular weight is 456 g/mol. The molecule has 0 saturated carbocycles. The number of hydrogen-bond donors (Lipinski definition) is 2. The van der Waals surface area contributed by atoms with Crippen molar-refractivity contribution in [2.75, 3.05) is 31.6 Å². The van der Waals surface area contributed by atoms with Crippen LogP contribution in [0.5, 0.6) is 0 Å². The third-order valence-corrected chi connectivity index (χ3v) is 6.38. The minimum absolute atomic E-state index is 0.0397. The Morgan fingerprint density at radius 2 is 2.15 bits per heavy atom. The van der Waals surface area contributed by atoms with Crippen molar-refractivity contribution >= 4 is 22.5 Å². The fourth-order valence-corrected chi connectivity index (χ4v) is 4.52. The minimum atomic E-state index is 0.0397. The fourth-order valence-electron chi connectivity index (χ4n) is 4.52. The number of carbonyl (C=O) groups is 1. The van der Waals surface area contributed by atoms with Crippen LogP contribution in [-0.2, 0) is 17.7 Å². The molecule has 5 rings (SSSR count). The molecule has 4 aromatic rings. The van der Waals surface area contributed by atoms with Crippen molar-refractivity contribution in [3.63, 3.8) is 0 Å². The summed E-state index contributed by atoms with van der Waals surface area (Å²) in [7, 11) is 0. The van der Waals surface area contributed by atoms with E-state index in [1.165, 1.54) is 5.56 Å². The van der Waals surface area contributed by atoms with Gasteiger partial charge in [0.1, 0.15) is 0 Å². The largest absolute Gasteiger partial charge is 0.379 e. The maximum atomic E-state index is 13.5. The van der Waals surface area contributed by atoms with Gasteiger partial charge in [-0.1, -0.05) is 24.3 Å². The van der Waals surface area contributed by atoms with Gasteiger partial charge in [0.15, 0.2) is 0 Å². The number of fused-ring (bicyclic) bond motifs is 1. The number of H-pyrrole nitrogens is 1. The second-order valence-corrected chi connectivity index (χ2v) is 8.85. The Hall–Kier alpha value is -3.71. The zero-order chi connectivity index (χ0) is 23.3. The first-order valence-corrected chi connectivity index (χ1v) is 11.7. The highest BCUT2D eigenvalue weighted by Gasteiger charge is 2.24. The van der Waals surface area contributed by atoms with E-state index in [-0.39, 0.29) is 11.8 Å². The molecule has 0 spiro atoms. The summed E-state index contributed by atoms with van der Waals surface area (Å²) in [5.74, 6) is 0.261. The topological polar surface area (TPSA) is 83.1 Å². The number of nitrogens with one attached hydrogen (secondary N) is 2. The van der Waals surface area contributed by atoms with Crippen LogP contribution in [0, 0.1) is 12.8 Å². The van der Waals surface area contributed by atoms with E-state index in [0.717, 1.165) is 34.3 Å². The Bertz CT molecular complexity index is 1270. The molecule has 34 heavy (non-hydrogen) atoms. The van der Waals surface area contributed by atoms with Gasteiger partial charge in [-0.2, -0.15) is 5.10 Å². The van der Waals surface area contributed by atoms with Crippen LogP contribution in [0.25, 0.3) is 10.9 Å². The van der Waals surface area contributed by atoms with E-state index >= 15 is 0 Å². The number of ether oxygens (including phenoxy) is 1.